The summed E-state index contributed by atoms with van der Waals surface area (Å²) in [6.45, 7) is 9.19. The zero-order valence-electron chi connectivity index (χ0n) is 28.1. The van der Waals surface area contributed by atoms with Crippen molar-refractivity contribution in [2.24, 2.45) is 0 Å². The van der Waals surface area contributed by atoms with Gasteiger partial charge in [0.25, 0.3) is 10.0 Å². The van der Waals surface area contributed by atoms with Crippen molar-refractivity contribution in [2.45, 2.75) is 71.0 Å². The molecule has 0 radical (unpaired) electrons. The number of nitrogens with zero attached hydrogens (tertiary/aromatic N) is 2. The number of amides is 2. The van der Waals surface area contributed by atoms with E-state index in [1.807, 2.05) is 95.3 Å². The predicted octanol–water partition coefficient (Wildman–Crippen LogP) is 6.37. The molecular formula is C38H45N3O5S. The Hall–Kier alpha value is -4.63. The Morgan fingerprint density at radius 3 is 2.15 bits per heavy atom. The van der Waals surface area contributed by atoms with E-state index in [1.165, 1.54) is 4.90 Å². The molecule has 0 saturated carbocycles. The van der Waals surface area contributed by atoms with Crippen LogP contribution in [0.3, 0.4) is 0 Å². The summed E-state index contributed by atoms with van der Waals surface area (Å²) in [5.74, 6) is -0.210. The minimum atomic E-state index is -4.18. The Balaban J connectivity index is 1.83. The van der Waals surface area contributed by atoms with Gasteiger partial charge in [0.05, 0.1) is 17.7 Å². The van der Waals surface area contributed by atoms with Crippen LogP contribution in [-0.4, -0.2) is 50.9 Å². The van der Waals surface area contributed by atoms with E-state index in [-0.39, 0.29) is 29.8 Å². The number of carbonyl (C=O) groups is 2. The molecular weight excluding hydrogens is 611 g/mol. The van der Waals surface area contributed by atoms with Crippen LogP contribution in [0.1, 0.15) is 48.1 Å². The summed E-state index contributed by atoms with van der Waals surface area (Å²) < 4.78 is 35.2. The van der Waals surface area contributed by atoms with Gasteiger partial charge in [-0.05, 0) is 92.8 Å². The molecule has 0 aliphatic heterocycles. The standard InChI is InChI=1S/C38H45N3O5S/c1-7-30(5)39-38(43)36(24-31-12-9-8-10-13-31)40(25-32-14-11-15-34(23-32)46-6)37(42)26-41(33-19-18-28(3)29(4)22-33)47(44,45)35-20-16-27(2)17-21-35/h8-23,30,36H,7,24-26H2,1-6H3,(H,39,43)/t30-,36+/m0/s1. The van der Waals surface area contributed by atoms with Gasteiger partial charge in [-0.15, -0.1) is 0 Å². The van der Waals surface area contributed by atoms with Crippen molar-refractivity contribution in [3.8, 4) is 5.75 Å². The fourth-order valence-electron chi connectivity index (χ4n) is 5.21. The molecule has 1 N–H and O–H groups in total. The average molecular weight is 656 g/mol. The molecule has 4 aromatic rings. The number of hydrogen-bond acceptors (Lipinski definition) is 5. The third-order valence-electron chi connectivity index (χ3n) is 8.43. The minimum absolute atomic E-state index is 0.0623. The lowest BCUT2D eigenvalue weighted by molar-refractivity contribution is -0.140. The summed E-state index contributed by atoms with van der Waals surface area (Å²) in [6.07, 6.45) is 0.955. The van der Waals surface area contributed by atoms with Gasteiger partial charge >= 0.3 is 0 Å². The lowest BCUT2D eigenvalue weighted by Crippen LogP contribution is -2.54. The molecule has 4 rings (SSSR count). The maximum absolute atomic E-state index is 14.7. The van der Waals surface area contributed by atoms with Crippen molar-refractivity contribution in [2.75, 3.05) is 18.0 Å². The van der Waals surface area contributed by atoms with Crippen LogP contribution >= 0.6 is 0 Å². The number of methoxy groups -OCH3 is 1. The zero-order chi connectivity index (χ0) is 34.1. The number of carbonyl (C=O) groups excluding carboxylic acids is 2. The van der Waals surface area contributed by atoms with Gasteiger partial charge in [0, 0.05) is 19.0 Å². The van der Waals surface area contributed by atoms with Gasteiger partial charge in [-0.2, -0.15) is 0 Å². The molecule has 2 atom stereocenters. The Morgan fingerprint density at radius 1 is 0.830 bits per heavy atom. The third-order valence-corrected chi connectivity index (χ3v) is 10.2. The topological polar surface area (TPSA) is 96.0 Å². The van der Waals surface area contributed by atoms with E-state index in [9.17, 15) is 18.0 Å². The van der Waals surface area contributed by atoms with Crippen LogP contribution < -0.4 is 14.4 Å². The van der Waals surface area contributed by atoms with E-state index < -0.39 is 28.5 Å². The lowest BCUT2D eigenvalue weighted by atomic mass is 10.0. The van der Waals surface area contributed by atoms with E-state index in [0.717, 1.165) is 32.1 Å². The molecule has 0 heterocycles. The van der Waals surface area contributed by atoms with Crippen molar-refractivity contribution in [1.82, 2.24) is 10.2 Å². The van der Waals surface area contributed by atoms with Crippen LogP contribution in [-0.2, 0) is 32.6 Å². The number of anilines is 1. The SMILES string of the molecule is CC[C@H](C)NC(=O)[C@@H](Cc1ccccc1)N(Cc1cccc(OC)c1)C(=O)CN(c1ccc(C)c(C)c1)S(=O)(=O)c1ccc(C)cc1. The Kier molecular flexibility index (Phi) is 11.8. The summed E-state index contributed by atoms with van der Waals surface area (Å²) in [5, 5.41) is 3.06. The molecule has 0 spiro atoms. The monoisotopic (exact) mass is 655 g/mol. The van der Waals surface area contributed by atoms with Crippen LogP contribution in [0.2, 0.25) is 0 Å². The number of aryl methyl sites for hydroxylation is 3. The maximum Gasteiger partial charge on any atom is 0.264 e. The summed E-state index contributed by atoms with van der Waals surface area (Å²) in [6, 6.07) is 27.7. The van der Waals surface area contributed by atoms with Crippen molar-refractivity contribution < 1.29 is 22.7 Å². The summed E-state index contributed by atoms with van der Waals surface area (Å²) in [5.41, 5.74) is 4.79. The van der Waals surface area contributed by atoms with Crippen LogP contribution in [0.25, 0.3) is 0 Å². The lowest BCUT2D eigenvalue weighted by Gasteiger charge is -2.34. The molecule has 9 heteroatoms. The van der Waals surface area contributed by atoms with E-state index in [1.54, 1.807) is 43.5 Å². The van der Waals surface area contributed by atoms with E-state index in [0.29, 0.717) is 17.9 Å². The number of benzene rings is 4. The highest BCUT2D eigenvalue weighted by molar-refractivity contribution is 7.92. The van der Waals surface area contributed by atoms with Gasteiger partial charge in [0.1, 0.15) is 18.3 Å². The van der Waals surface area contributed by atoms with Gasteiger partial charge < -0.3 is 15.0 Å². The number of sulfonamides is 1. The van der Waals surface area contributed by atoms with Crippen LogP contribution in [0, 0.1) is 20.8 Å². The predicted molar refractivity (Wildman–Crippen MR) is 187 cm³/mol. The van der Waals surface area contributed by atoms with Gasteiger partial charge in [-0.25, -0.2) is 8.42 Å². The molecule has 0 aliphatic carbocycles. The number of ether oxygens (including phenoxy) is 1. The summed E-state index contributed by atoms with van der Waals surface area (Å²) >= 11 is 0. The first kappa shape index (κ1) is 35.2. The number of rotatable bonds is 14. The molecule has 4 aromatic carbocycles. The second kappa shape index (κ2) is 15.8. The first-order chi connectivity index (χ1) is 22.4. The average Bonchev–Trinajstić information content (AvgIpc) is 3.07. The van der Waals surface area contributed by atoms with Gasteiger partial charge in [0.15, 0.2) is 0 Å². The second-order valence-electron chi connectivity index (χ2n) is 12.0. The first-order valence-corrected chi connectivity index (χ1v) is 17.3. The third kappa shape index (κ3) is 9.01. The van der Waals surface area contributed by atoms with Gasteiger partial charge in [0.2, 0.25) is 11.8 Å². The van der Waals surface area contributed by atoms with Crippen LogP contribution in [0.4, 0.5) is 5.69 Å². The molecule has 0 fully saturated rings. The van der Waals surface area contributed by atoms with E-state index >= 15 is 0 Å². The van der Waals surface area contributed by atoms with E-state index in [4.69, 9.17) is 4.74 Å². The Bertz CT molecular complexity index is 1780. The molecule has 0 saturated heterocycles. The molecule has 0 aromatic heterocycles. The highest BCUT2D eigenvalue weighted by Gasteiger charge is 2.35. The number of nitrogens with one attached hydrogen (secondary N) is 1. The molecule has 248 valence electrons. The Morgan fingerprint density at radius 2 is 1.51 bits per heavy atom. The maximum atomic E-state index is 14.7. The summed E-state index contributed by atoms with van der Waals surface area (Å²) in [4.78, 5) is 30.2. The van der Waals surface area contributed by atoms with Crippen LogP contribution in [0.5, 0.6) is 5.75 Å². The van der Waals surface area contributed by atoms with E-state index in [2.05, 4.69) is 5.32 Å². The zero-order valence-corrected chi connectivity index (χ0v) is 28.9. The fraction of sp³-hybridized carbons (Fsp3) is 0.316. The van der Waals surface area contributed by atoms with Crippen molar-refractivity contribution >= 4 is 27.5 Å². The molecule has 0 aliphatic rings. The van der Waals surface area contributed by atoms with Crippen molar-refractivity contribution in [3.63, 3.8) is 0 Å². The number of hydrogen-bond donors (Lipinski definition) is 1. The largest absolute Gasteiger partial charge is 0.497 e. The normalized spacial score (nSPS) is 12.6. The van der Waals surface area contributed by atoms with Gasteiger partial charge in [-0.3, -0.25) is 13.9 Å². The fourth-order valence-corrected chi connectivity index (χ4v) is 6.62. The van der Waals surface area contributed by atoms with Gasteiger partial charge in [-0.1, -0.05) is 73.2 Å². The highest BCUT2D eigenvalue weighted by atomic mass is 32.2. The molecule has 8 nitrogen and oxygen atoms in total. The Labute approximate surface area is 279 Å². The summed E-state index contributed by atoms with van der Waals surface area (Å²) in [7, 11) is -2.61. The first-order valence-electron chi connectivity index (χ1n) is 15.9. The quantitative estimate of drug-likeness (QED) is 0.170. The highest BCUT2D eigenvalue weighted by Crippen LogP contribution is 2.27. The smallest absolute Gasteiger partial charge is 0.264 e. The molecule has 47 heavy (non-hydrogen) atoms. The van der Waals surface area contributed by atoms with Crippen molar-refractivity contribution in [3.05, 3.63) is 125 Å². The molecule has 2 amide bonds. The molecule has 0 bridgehead atoms. The van der Waals surface area contributed by atoms with Crippen LogP contribution in [0.15, 0.2) is 102 Å². The molecule has 0 unspecified atom stereocenters. The second-order valence-corrected chi connectivity index (χ2v) is 13.9. The van der Waals surface area contributed by atoms with Crippen molar-refractivity contribution in [1.29, 1.82) is 0 Å². The minimum Gasteiger partial charge on any atom is -0.497 e.